The van der Waals surface area contributed by atoms with Gasteiger partial charge in [0.15, 0.2) is 0 Å². The van der Waals surface area contributed by atoms with Crippen LogP contribution < -0.4 is 0 Å². The van der Waals surface area contributed by atoms with E-state index in [0.29, 0.717) is 0 Å². The molecule has 0 saturated carbocycles. The van der Waals surface area contributed by atoms with E-state index in [0.717, 1.165) is 0 Å². The number of hydrogen-bond donors (Lipinski definition) is 1. The van der Waals surface area contributed by atoms with Crippen LogP contribution in [0.2, 0.25) is 0 Å². The summed E-state index contributed by atoms with van der Waals surface area (Å²) in [4.78, 5) is 0. The molecule has 0 aliphatic carbocycles. The molecule has 0 atom stereocenters. The van der Waals surface area contributed by atoms with Gasteiger partial charge in [0.2, 0.25) is 0 Å². The van der Waals surface area contributed by atoms with Gasteiger partial charge >= 0.3 is 24.8 Å². The first-order chi connectivity index (χ1) is 9.03. The maximum absolute atomic E-state index is 9.96. The van der Waals surface area contributed by atoms with E-state index in [4.69, 9.17) is 1.37 Å². The third kappa shape index (κ3) is 13.9. The topological polar surface area (TPSA) is 12.4 Å². The number of alkyl halides is 1. The van der Waals surface area contributed by atoms with Crippen molar-refractivity contribution in [1.82, 2.24) is 0 Å². The van der Waals surface area contributed by atoms with Crippen molar-refractivity contribution < 1.29 is 5.76 Å². The van der Waals surface area contributed by atoms with Gasteiger partial charge in [0.1, 0.15) is 0 Å². The van der Waals surface area contributed by atoms with Crippen molar-refractivity contribution in [3.8, 4) is 0 Å². The van der Waals surface area contributed by atoms with Gasteiger partial charge in [0.05, 0.1) is 12.3 Å². The fraction of sp³-hybridized carbons (Fsp3) is 0.111. The molecule has 2 rings (SSSR count). The van der Waals surface area contributed by atoms with Crippen LogP contribution in [0, 0.1) is 7.14 Å². The molecule has 0 unspecified atom stereocenters. The normalized spacial score (nSPS) is 8.33. The summed E-state index contributed by atoms with van der Waals surface area (Å²) in [7, 11) is 3.34. The van der Waals surface area contributed by atoms with Gasteiger partial charge in [0, 0.05) is 12.5 Å². The van der Waals surface area contributed by atoms with E-state index >= 15 is 0 Å². The van der Waals surface area contributed by atoms with Crippen molar-refractivity contribution >= 4 is 104 Å². The Morgan fingerprint density at radius 1 is 1.50 bits per heavy atom. The molecule has 0 bridgehead atoms. The minimum atomic E-state index is -1.00. The molecular formula is C9H9BBrFI2NS3. The van der Waals surface area contributed by atoms with E-state index in [-0.39, 0.29) is 0 Å². The Kier molecular flexibility index (Phi) is 17.9. The van der Waals surface area contributed by atoms with Gasteiger partial charge in [-0.1, -0.05) is 0 Å². The van der Waals surface area contributed by atoms with Crippen LogP contribution in [0.5, 0.6) is 0 Å². The third-order valence-electron chi connectivity index (χ3n) is 1.06. The number of thiophene rings is 2. The van der Waals surface area contributed by atoms with E-state index in [2.05, 4.69) is 114 Å². The molecular weight excluding hydrogens is 582 g/mol. The van der Waals surface area contributed by atoms with Crippen LogP contribution in [-0.2, 0) is 0 Å². The second-order valence-electron chi connectivity index (χ2n) is 2.10. The van der Waals surface area contributed by atoms with Gasteiger partial charge < -0.3 is 0 Å². The van der Waals surface area contributed by atoms with Crippen LogP contribution >= 0.6 is 96.6 Å². The zero-order valence-electron chi connectivity index (χ0n) is 9.89. The average Bonchev–Trinajstić information content (AvgIpc) is 2.95. The first kappa shape index (κ1) is 19.5. The Balaban J connectivity index is 0. The second kappa shape index (κ2) is 16.5. The van der Waals surface area contributed by atoms with E-state index in [9.17, 15) is 4.39 Å². The molecule has 18 heavy (non-hydrogen) atoms. The van der Waals surface area contributed by atoms with Gasteiger partial charge in [-0.3, -0.25) is 4.39 Å². The van der Waals surface area contributed by atoms with Crippen molar-refractivity contribution in [1.29, 1.82) is 0 Å². The summed E-state index contributed by atoms with van der Waals surface area (Å²) in [5.41, 5.74) is 0. The van der Waals surface area contributed by atoms with Gasteiger partial charge in [-0.25, -0.2) is 0 Å². The van der Waals surface area contributed by atoms with Crippen LogP contribution in [-0.4, -0.2) is 14.8 Å². The van der Waals surface area contributed by atoms with E-state index in [1.165, 1.54) is 10.9 Å². The molecule has 2 aromatic rings. The molecule has 0 aliphatic heterocycles. The Bertz CT molecular complexity index is 403. The molecule has 0 amide bonds. The fourth-order valence-corrected chi connectivity index (χ4v) is 3.66. The molecule has 1 radical (unpaired) electrons. The Morgan fingerprint density at radius 2 is 2.06 bits per heavy atom. The van der Waals surface area contributed by atoms with Gasteiger partial charge in [0.25, 0.3) is 0 Å². The molecule has 9 heteroatoms. The van der Waals surface area contributed by atoms with Crippen molar-refractivity contribution in [2.75, 3.05) is 7.15 Å². The minimum absolute atomic E-state index is 1.00. The zero-order valence-corrected chi connectivity index (χ0v) is 17.3. The van der Waals surface area contributed by atoms with Crippen molar-refractivity contribution in [2.45, 2.75) is 0 Å². The number of rotatable bonds is 0. The first-order valence-corrected chi connectivity index (χ1v) is 9.16. The van der Waals surface area contributed by atoms with Crippen LogP contribution in [0.15, 0.2) is 36.4 Å². The Morgan fingerprint density at radius 3 is 2.17 bits per heavy atom. The van der Waals surface area contributed by atoms with E-state index in [1.54, 1.807) is 22.7 Å². The van der Waals surface area contributed by atoms with Crippen molar-refractivity contribution in [3.63, 3.8) is 0 Å². The van der Waals surface area contributed by atoms with Crippen molar-refractivity contribution in [3.05, 3.63) is 39.2 Å². The predicted molar refractivity (Wildman–Crippen MR) is 106 cm³/mol. The standard InChI is InChI=1S/C4H2BrIS.C4H3IS.CH3F.BHNS/c5-4-3(6)1-2-7-4;5-4-1-2-6-3-4;1-2;1-2-3/h1-2H;1-3H;1H3;3H/i;;1D;. The number of thiol groups is 1. The summed E-state index contributed by atoms with van der Waals surface area (Å²) < 4.78 is 22.0. The summed E-state index contributed by atoms with van der Waals surface area (Å²) in [6.45, 7) is 0. The van der Waals surface area contributed by atoms with Crippen LogP contribution in [0.25, 0.3) is 0 Å². The van der Waals surface area contributed by atoms with Crippen LogP contribution in [0.1, 0.15) is 1.37 Å². The SMILES string of the molecule is Brc1sccc1I.Ic1ccsc1.[2H]CF.[B]=NS. The summed E-state index contributed by atoms with van der Waals surface area (Å²) >= 11 is 14.6. The summed E-state index contributed by atoms with van der Waals surface area (Å²) in [5.74, 6) is 0. The quantitative estimate of drug-likeness (QED) is 0.212. The molecule has 0 N–H and O–H groups in total. The Hall–Kier alpha value is 1.48. The van der Waals surface area contributed by atoms with Gasteiger partial charge in [-0.05, 0) is 84.0 Å². The number of nitrogens with zero attached hydrogens (tertiary/aromatic N) is 1. The molecule has 0 fully saturated rings. The molecule has 0 spiro atoms. The zero-order chi connectivity index (χ0) is 15.1. The molecule has 0 aromatic carbocycles. The molecule has 2 aromatic heterocycles. The maximum atomic E-state index is 9.96. The third-order valence-corrected chi connectivity index (χ3v) is 6.53. The summed E-state index contributed by atoms with van der Waals surface area (Å²) in [6, 6.07) is 4.17. The number of hydrogen-bond acceptors (Lipinski definition) is 4. The summed E-state index contributed by atoms with van der Waals surface area (Å²) in [6.07, 6.45) is 0. The average molecular weight is 592 g/mol. The first-order valence-electron chi connectivity index (χ1n) is 4.69. The second-order valence-corrected chi connectivity index (χ2v) is 7.75. The van der Waals surface area contributed by atoms with E-state index < -0.39 is 7.15 Å². The summed E-state index contributed by atoms with van der Waals surface area (Å²) in [5, 5.41) is 6.24. The molecule has 0 saturated heterocycles. The van der Waals surface area contributed by atoms with Crippen LogP contribution in [0.4, 0.5) is 4.39 Å². The van der Waals surface area contributed by atoms with Gasteiger partial charge in [-0.2, -0.15) is 11.3 Å². The fourth-order valence-electron chi connectivity index (χ4n) is 0.523. The monoisotopic (exact) mass is 591 g/mol. The van der Waals surface area contributed by atoms with Crippen LogP contribution in [0.3, 0.4) is 0 Å². The van der Waals surface area contributed by atoms with Crippen molar-refractivity contribution in [2.24, 2.45) is 4.30 Å². The molecule has 1 nitrogen and oxygen atoms in total. The molecule has 2 heterocycles. The Labute approximate surface area is 158 Å². The molecule has 0 aliphatic rings. The molecule has 99 valence electrons. The predicted octanol–water partition coefficient (Wildman–Crippen LogP) is 6.24. The van der Waals surface area contributed by atoms with E-state index in [1.807, 2.05) is 0 Å². The number of halogens is 4. The van der Waals surface area contributed by atoms with Gasteiger partial charge in [-0.15, -0.1) is 11.3 Å².